The van der Waals surface area contributed by atoms with Crippen LogP contribution in [-0.4, -0.2) is 43.9 Å². The van der Waals surface area contributed by atoms with Crippen molar-refractivity contribution < 1.29 is 33.6 Å². The Bertz CT molecular complexity index is 881. The molecule has 1 aliphatic heterocycles. The second-order valence-corrected chi connectivity index (χ2v) is 6.12. The minimum Gasteiger partial charge on any atom is -0.504 e. The Morgan fingerprint density at radius 2 is 1.93 bits per heavy atom. The Kier molecular flexibility index (Phi) is 5.88. The Morgan fingerprint density at radius 3 is 2.68 bits per heavy atom. The van der Waals surface area contributed by atoms with Gasteiger partial charge in [-0.1, -0.05) is 12.1 Å². The number of hydrogen-bond acceptors (Lipinski definition) is 7. The number of amides is 1. The molecule has 0 radical (unpaired) electrons. The van der Waals surface area contributed by atoms with Gasteiger partial charge in [0.05, 0.1) is 13.2 Å². The lowest BCUT2D eigenvalue weighted by Gasteiger charge is -2.21. The van der Waals surface area contributed by atoms with Crippen molar-refractivity contribution in [3.05, 3.63) is 47.5 Å². The Morgan fingerprint density at radius 1 is 1.18 bits per heavy atom. The number of para-hydroxylation sites is 1. The monoisotopic (exact) mass is 387 g/mol. The van der Waals surface area contributed by atoms with E-state index < -0.39 is 18.5 Å². The smallest absolute Gasteiger partial charge is 0.342 e. The van der Waals surface area contributed by atoms with Crippen LogP contribution < -0.4 is 19.5 Å². The number of carbonyl (C=O) groups excluding carboxylic acids is 2. The fourth-order valence-corrected chi connectivity index (χ4v) is 2.76. The lowest BCUT2D eigenvalue weighted by atomic mass is 10.1. The zero-order valence-electron chi connectivity index (χ0n) is 15.6. The third-order valence-electron chi connectivity index (χ3n) is 4.22. The van der Waals surface area contributed by atoms with E-state index in [2.05, 4.69) is 5.32 Å². The molecule has 0 fully saturated rings. The summed E-state index contributed by atoms with van der Waals surface area (Å²) >= 11 is 0. The van der Waals surface area contributed by atoms with Gasteiger partial charge in [0, 0.05) is 0 Å². The van der Waals surface area contributed by atoms with Crippen LogP contribution >= 0.6 is 0 Å². The van der Waals surface area contributed by atoms with Gasteiger partial charge in [-0.15, -0.1) is 0 Å². The van der Waals surface area contributed by atoms with Crippen LogP contribution in [0.1, 0.15) is 28.9 Å². The maximum absolute atomic E-state index is 12.1. The highest BCUT2D eigenvalue weighted by Crippen LogP contribution is 2.32. The fraction of sp³-hybridized carbons (Fsp3) is 0.300. The SMILES string of the molecule is COc1cccc(C(=O)OCC(=O)NC(C)c2ccc3c(c2)OCCO3)c1O. The summed E-state index contributed by atoms with van der Waals surface area (Å²) in [6.07, 6.45) is 0. The number of aromatic hydroxyl groups is 1. The third-order valence-corrected chi connectivity index (χ3v) is 4.22. The number of benzene rings is 2. The highest BCUT2D eigenvalue weighted by atomic mass is 16.6. The van der Waals surface area contributed by atoms with Crippen molar-refractivity contribution in [1.29, 1.82) is 0 Å². The van der Waals surface area contributed by atoms with Gasteiger partial charge in [-0.05, 0) is 36.8 Å². The maximum atomic E-state index is 12.1. The van der Waals surface area contributed by atoms with Crippen molar-refractivity contribution in [3.63, 3.8) is 0 Å². The molecule has 2 N–H and O–H groups in total. The lowest BCUT2D eigenvalue weighted by Crippen LogP contribution is -2.31. The molecule has 0 saturated heterocycles. The van der Waals surface area contributed by atoms with Gasteiger partial charge in [0.15, 0.2) is 29.6 Å². The summed E-state index contributed by atoms with van der Waals surface area (Å²) in [5.74, 6) is -0.187. The number of fused-ring (bicyclic) bond motifs is 1. The van der Waals surface area contributed by atoms with Crippen LogP contribution in [0, 0.1) is 0 Å². The Hall–Kier alpha value is -3.42. The van der Waals surface area contributed by atoms with E-state index in [-0.39, 0.29) is 23.1 Å². The van der Waals surface area contributed by atoms with Gasteiger partial charge in [0.25, 0.3) is 5.91 Å². The van der Waals surface area contributed by atoms with Crippen molar-refractivity contribution in [3.8, 4) is 23.0 Å². The summed E-state index contributed by atoms with van der Waals surface area (Å²) < 4.78 is 20.9. The van der Waals surface area contributed by atoms with Crippen molar-refractivity contribution in [2.24, 2.45) is 0 Å². The molecule has 0 saturated carbocycles. The van der Waals surface area contributed by atoms with E-state index >= 15 is 0 Å². The molecule has 3 rings (SSSR count). The average molecular weight is 387 g/mol. The first-order valence-electron chi connectivity index (χ1n) is 8.71. The third kappa shape index (κ3) is 4.28. The predicted octanol–water partition coefficient (Wildman–Crippen LogP) is 2.21. The molecule has 1 atom stereocenters. The lowest BCUT2D eigenvalue weighted by molar-refractivity contribution is -0.124. The minimum absolute atomic E-state index is 0.0768. The molecule has 8 heteroatoms. The quantitative estimate of drug-likeness (QED) is 0.733. The molecule has 1 aliphatic rings. The molecule has 28 heavy (non-hydrogen) atoms. The standard InChI is InChI=1S/C20H21NO7/c1-12(13-6-7-15-17(10-13)27-9-8-26-15)21-18(22)11-28-20(24)14-4-3-5-16(25-2)19(14)23/h3-7,10,12,23H,8-9,11H2,1-2H3,(H,21,22). The minimum atomic E-state index is -0.821. The van der Waals surface area contributed by atoms with Crippen LogP contribution in [0.3, 0.4) is 0 Å². The second kappa shape index (κ2) is 8.51. The highest BCUT2D eigenvalue weighted by molar-refractivity contribution is 5.94. The van der Waals surface area contributed by atoms with Crippen molar-refractivity contribution in [2.45, 2.75) is 13.0 Å². The average Bonchev–Trinajstić information content (AvgIpc) is 2.71. The molecule has 0 aliphatic carbocycles. The number of rotatable bonds is 6. The van der Waals surface area contributed by atoms with E-state index in [1.807, 2.05) is 6.07 Å². The van der Waals surface area contributed by atoms with Crippen LogP contribution in [0.15, 0.2) is 36.4 Å². The van der Waals surface area contributed by atoms with Crippen LogP contribution in [0.2, 0.25) is 0 Å². The van der Waals surface area contributed by atoms with Crippen LogP contribution in [0.5, 0.6) is 23.0 Å². The Balaban J connectivity index is 1.56. The number of esters is 1. The second-order valence-electron chi connectivity index (χ2n) is 6.12. The molecule has 1 amide bonds. The van der Waals surface area contributed by atoms with Gasteiger partial charge in [0.1, 0.15) is 18.8 Å². The summed E-state index contributed by atoms with van der Waals surface area (Å²) in [7, 11) is 1.37. The molecule has 0 spiro atoms. The first kappa shape index (κ1) is 19.3. The number of nitrogens with one attached hydrogen (secondary N) is 1. The van der Waals surface area contributed by atoms with E-state index in [0.717, 1.165) is 5.56 Å². The summed E-state index contributed by atoms with van der Waals surface area (Å²) in [6.45, 7) is 2.31. The first-order valence-corrected chi connectivity index (χ1v) is 8.71. The molecule has 1 unspecified atom stereocenters. The van der Waals surface area contributed by atoms with E-state index in [1.165, 1.54) is 19.2 Å². The van der Waals surface area contributed by atoms with Gasteiger partial charge in [-0.2, -0.15) is 0 Å². The number of methoxy groups -OCH3 is 1. The summed E-state index contributed by atoms with van der Waals surface area (Å²) in [6, 6.07) is 9.53. The maximum Gasteiger partial charge on any atom is 0.342 e. The predicted molar refractivity (Wildman–Crippen MR) is 98.9 cm³/mol. The normalized spacial score (nSPS) is 13.4. The molecule has 1 heterocycles. The van der Waals surface area contributed by atoms with E-state index in [9.17, 15) is 14.7 Å². The first-order chi connectivity index (χ1) is 13.5. The van der Waals surface area contributed by atoms with Crippen molar-refractivity contribution in [2.75, 3.05) is 26.9 Å². The number of hydrogen-bond donors (Lipinski definition) is 2. The highest BCUT2D eigenvalue weighted by Gasteiger charge is 2.19. The van der Waals surface area contributed by atoms with E-state index in [4.69, 9.17) is 18.9 Å². The van der Waals surface area contributed by atoms with E-state index in [1.54, 1.807) is 25.1 Å². The van der Waals surface area contributed by atoms with Crippen molar-refractivity contribution >= 4 is 11.9 Å². The molecule has 2 aromatic carbocycles. The molecule has 0 bridgehead atoms. The van der Waals surface area contributed by atoms with Crippen LogP contribution in [0.4, 0.5) is 0 Å². The number of carbonyl (C=O) groups is 2. The zero-order chi connectivity index (χ0) is 20.1. The van der Waals surface area contributed by atoms with Gasteiger partial charge in [-0.25, -0.2) is 4.79 Å². The molecular weight excluding hydrogens is 366 g/mol. The fourth-order valence-electron chi connectivity index (χ4n) is 2.76. The number of ether oxygens (including phenoxy) is 4. The van der Waals surface area contributed by atoms with Crippen LogP contribution in [-0.2, 0) is 9.53 Å². The molecule has 148 valence electrons. The van der Waals surface area contributed by atoms with E-state index in [0.29, 0.717) is 24.7 Å². The molecule has 8 nitrogen and oxygen atoms in total. The van der Waals surface area contributed by atoms with Gasteiger partial charge in [0.2, 0.25) is 0 Å². The number of phenols is 1. The summed E-state index contributed by atoms with van der Waals surface area (Å²) in [5.41, 5.74) is 0.751. The topological polar surface area (TPSA) is 103 Å². The van der Waals surface area contributed by atoms with Gasteiger partial charge in [-0.3, -0.25) is 4.79 Å². The van der Waals surface area contributed by atoms with Gasteiger partial charge < -0.3 is 29.4 Å². The van der Waals surface area contributed by atoms with Crippen LogP contribution in [0.25, 0.3) is 0 Å². The molecular formula is C20H21NO7. The summed E-state index contributed by atoms with van der Waals surface area (Å²) in [4.78, 5) is 24.2. The summed E-state index contributed by atoms with van der Waals surface area (Å²) in [5, 5.41) is 12.7. The zero-order valence-corrected chi connectivity index (χ0v) is 15.6. The largest absolute Gasteiger partial charge is 0.504 e. The Labute approximate surface area is 162 Å². The number of phenolic OH excluding ortho intramolecular Hbond substituents is 1. The van der Waals surface area contributed by atoms with Crippen molar-refractivity contribution in [1.82, 2.24) is 5.32 Å². The molecule has 0 aromatic heterocycles. The molecule has 2 aromatic rings. The van der Waals surface area contributed by atoms with Gasteiger partial charge >= 0.3 is 5.97 Å².